The van der Waals surface area contributed by atoms with Gasteiger partial charge in [0.05, 0.1) is 16.9 Å². The lowest BCUT2D eigenvalue weighted by Gasteiger charge is -2.15. The van der Waals surface area contributed by atoms with Crippen molar-refractivity contribution in [3.05, 3.63) is 23.1 Å². The van der Waals surface area contributed by atoms with Crippen LogP contribution in [0.2, 0.25) is 30.7 Å². The maximum atomic E-state index is 10.8. The van der Waals surface area contributed by atoms with Gasteiger partial charge < -0.3 is 4.74 Å². The Morgan fingerprint density at radius 3 is 2.80 bits per heavy atom. The molecule has 0 saturated carbocycles. The van der Waals surface area contributed by atoms with Gasteiger partial charge in [-0.15, -0.1) is 0 Å². The molecule has 0 aromatic carbocycles. The zero-order valence-electron chi connectivity index (χ0n) is 11.9. The van der Waals surface area contributed by atoms with Crippen LogP contribution in [0.25, 0.3) is 11.2 Å². The van der Waals surface area contributed by atoms with E-state index in [-0.39, 0.29) is 0 Å². The van der Waals surface area contributed by atoms with Gasteiger partial charge in [-0.3, -0.25) is 9.36 Å². The lowest BCUT2D eigenvalue weighted by molar-refractivity contribution is 0.0895. The van der Waals surface area contributed by atoms with E-state index >= 15 is 0 Å². The molecule has 108 valence electrons. The van der Waals surface area contributed by atoms with Gasteiger partial charge in [0.15, 0.2) is 11.9 Å². The van der Waals surface area contributed by atoms with E-state index in [1.54, 1.807) is 10.9 Å². The maximum absolute atomic E-state index is 10.8. The minimum atomic E-state index is -1.08. The first-order chi connectivity index (χ1) is 9.42. The van der Waals surface area contributed by atoms with Crippen LogP contribution in [-0.4, -0.2) is 35.5 Å². The number of ether oxygens (including phenoxy) is 1. The van der Waals surface area contributed by atoms with E-state index in [9.17, 15) is 4.79 Å². The summed E-state index contributed by atoms with van der Waals surface area (Å²) in [5, 5.41) is 0.339. The number of fused-ring (bicyclic) bond motifs is 1. The van der Waals surface area contributed by atoms with Gasteiger partial charge in [-0.05, 0) is 6.04 Å². The van der Waals surface area contributed by atoms with E-state index in [4.69, 9.17) is 16.3 Å². The molecule has 5 nitrogen and oxygen atoms in total. The Balaban J connectivity index is 2.08. The highest BCUT2D eigenvalue weighted by Crippen LogP contribution is 2.23. The van der Waals surface area contributed by atoms with Crippen molar-refractivity contribution >= 4 is 37.1 Å². The number of halogens is 1. The van der Waals surface area contributed by atoms with Crippen LogP contribution < -0.4 is 0 Å². The van der Waals surface area contributed by atoms with Gasteiger partial charge in [-0.1, -0.05) is 31.2 Å². The van der Waals surface area contributed by atoms with Crippen molar-refractivity contribution in [3.8, 4) is 0 Å². The average Bonchev–Trinajstić information content (AvgIpc) is 2.78. The lowest BCUT2D eigenvalue weighted by Crippen LogP contribution is -2.22. The van der Waals surface area contributed by atoms with E-state index < -0.39 is 8.07 Å². The predicted octanol–water partition coefficient (Wildman–Crippen LogP) is 3.21. The molecular formula is C13H18ClN3O2Si. The summed E-state index contributed by atoms with van der Waals surface area (Å²) in [6, 6.07) is 1.11. The fourth-order valence-corrected chi connectivity index (χ4v) is 2.69. The molecule has 2 heterocycles. The van der Waals surface area contributed by atoms with Crippen molar-refractivity contribution < 1.29 is 9.53 Å². The Hall–Kier alpha value is -1.24. The van der Waals surface area contributed by atoms with Crippen molar-refractivity contribution in [2.24, 2.45) is 0 Å². The molecule has 0 unspecified atom stereocenters. The topological polar surface area (TPSA) is 57.0 Å². The highest BCUT2D eigenvalue weighted by atomic mass is 35.5. The summed E-state index contributed by atoms with van der Waals surface area (Å²) in [6.45, 7) is 8.06. The lowest BCUT2D eigenvalue weighted by atomic mass is 10.3. The monoisotopic (exact) mass is 311 g/mol. The summed E-state index contributed by atoms with van der Waals surface area (Å²) in [6.07, 6.45) is 3.77. The van der Waals surface area contributed by atoms with Gasteiger partial charge >= 0.3 is 0 Å². The fraction of sp³-hybridized carbons (Fsp3) is 0.462. The summed E-state index contributed by atoms with van der Waals surface area (Å²) in [5.41, 5.74) is 1.52. The normalized spacial score (nSPS) is 12.0. The maximum Gasteiger partial charge on any atom is 0.163 e. The quantitative estimate of drug-likeness (QED) is 0.467. The molecule has 0 atom stereocenters. The largest absolute Gasteiger partial charge is 0.361 e. The molecule has 20 heavy (non-hydrogen) atoms. The number of carbonyl (C=O) groups excluding carboxylic acids is 1. The minimum absolute atomic E-state index is 0.339. The first-order valence-electron chi connectivity index (χ1n) is 6.44. The van der Waals surface area contributed by atoms with Gasteiger partial charge in [0.25, 0.3) is 0 Å². The van der Waals surface area contributed by atoms with Crippen LogP contribution >= 0.6 is 11.6 Å². The molecule has 0 aliphatic heterocycles. The van der Waals surface area contributed by atoms with Gasteiger partial charge in [0.2, 0.25) is 0 Å². The van der Waals surface area contributed by atoms with Crippen LogP contribution in [0.1, 0.15) is 10.4 Å². The number of hydrogen-bond donors (Lipinski definition) is 0. The van der Waals surface area contributed by atoms with E-state index in [2.05, 4.69) is 29.6 Å². The van der Waals surface area contributed by atoms with Crippen molar-refractivity contribution in [1.82, 2.24) is 14.5 Å². The van der Waals surface area contributed by atoms with Crippen molar-refractivity contribution in [2.75, 3.05) is 6.61 Å². The molecular weight excluding hydrogens is 294 g/mol. The molecule has 0 radical (unpaired) electrons. The average molecular weight is 312 g/mol. The van der Waals surface area contributed by atoms with Crippen LogP contribution in [0.15, 0.2) is 12.5 Å². The van der Waals surface area contributed by atoms with Crippen LogP contribution in [0, 0.1) is 0 Å². The number of imidazole rings is 1. The first kappa shape index (κ1) is 15.2. The van der Waals surface area contributed by atoms with Crippen molar-refractivity contribution in [1.29, 1.82) is 0 Å². The summed E-state index contributed by atoms with van der Waals surface area (Å²) in [4.78, 5) is 19.2. The number of hydrogen-bond acceptors (Lipinski definition) is 4. The highest BCUT2D eigenvalue weighted by molar-refractivity contribution is 6.76. The molecule has 0 aliphatic rings. The Morgan fingerprint density at radius 2 is 2.15 bits per heavy atom. The van der Waals surface area contributed by atoms with E-state index in [1.807, 2.05) is 0 Å². The third kappa shape index (κ3) is 3.44. The van der Waals surface area contributed by atoms with E-state index in [1.165, 1.54) is 6.20 Å². The van der Waals surface area contributed by atoms with E-state index in [0.717, 1.165) is 12.7 Å². The number of nitrogens with zero attached hydrogens (tertiary/aromatic N) is 3. The molecule has 2 aromatic heterocycles. The fourth-order valence-electron chi connectivity index (χ4n) is 1.71. The van der Waals surface area contributed by atoms with Crippen LogP contribution in [0.4, 0.5) is 0 Å². The third-order valence-corrected chi connectivity index (χ3v) is 5.05. The molecule has 0 aliphatic carbocycles. The predicted molar refractivity (Wildman–Crippen MR) is 82.0 cm³/mol. The second kappa shape index (κ2) is 6.03. The number of aldehydes is 1. The van der Waals surface area contributed by atoms with Crippen LogP contribution in [0.3, 0.4) is 0 Å². The summed E-state index contributed by atoms with van der Waals surface area (Å²) in [7, 11) is -1.08. The molecule has 0 amide bonds. The third-order valence-electron chi connectivity index (χ3n) is 2.95. The summed E-state index contributed by atoms with van der Waals surface area (Å²) < 4.78 is 7.46. The molecule has 2 aromatic rings. The number of rotatable bonds is 6. The van der Waals surface area contributed by atoms with Crippen molar-refractivity contribution in [3.63, 3.8) is 0 Å². The Kier molecular flexibility index (Phi) is 4.57. The summed E-state index contributed by atoms with van der Waals surface area (Å²) in [5.74, 6) is 0. The molecule has 2 rings (SSSR count). The van der Waals surface area contributed by atoms with Gasteiger partial charge in [0.1, 0.15) is 12.2 Å². The second-order valence-electron chi connectivity index (χ2n) is 5.88. The minimum Gasteiger partial charge on any atom is -0.361 e. The highest BCUT2D eigenvalue weighted by Gasteiger charge is 2.13. The smallest absolute Gasteiger partial charge is 0.163 e. The zero-order chi connectivity index (χ0) is 14.8. The van der Waals surface area contributed by atoms with Gasteiger partial charge in [-0.25, -0.2) is 9.97 Å². The second-order valence-corrected chi connectivity index (χ2v) is 11.9. The summed E-state index contributed by atoms with van der Waals surface area (Å²) >= 11 is 6.09. The standard InChI is InChI=1S/C13H18ClN3O2Si/c1-20(2,3)5-4-19-9-17-8-16-12-11(14)10(7-18)6-15-13(12)17/h6-8H,4-5,9H2,1-3H3. The van der Waals surface area contributed by atoms with Crippen LogP contribution in [-0.2, 0) is 11.5 Å². The number of pyridine rings is 1. The Bertz CT molecular complexity index is 622. The molecule has 0 fully saturated rings. The van der Waals surface area contributed by atoms with Crippen LogP contribution in [0.5, 0.6) is 0 Å². The number of aromatic nitrogens is 3. The van der Waals surface area contributed by atoms with E-state index in [0.29, 0.717) is 34.8 Å². The Labute approximate surface area is 123 Å². The molecule has 0 spiro atoms. The zero-order valence-corrected chi connectivity index (χ0v) is 13.6. The molecule has 0 bridgehead atoms. The molecule has 0 saturated heterocycles. The van der Waals surface area contributed by atoms with Gasteiger partial charge in [0, 0.05) is 20.9 Å². The SMILES string of the molecule is C[Si](C)(C)CCOCn1cnc2c(Cl)c(C=O)cnc21. The Morgan fingerprint density at radius 1 is 1.40 bits per heavy atom. The molecule has 0 N–H and O–H groups in total. The first-order valence-corrected chi connectivity index (χ1v) is 10.5. The van der Waals surface area contributed by atoms with Gasteiger partial charge in [-0.2, -0.15) is 0 Å². The molecule has 7 heteroatoms. The number of carbonyl (C=O) groups is 1. The van der Waals surface area contributed by atoms with Crippen molar-refractivity contribution in [2.45, 2.75) is 32.4 Å².